The number of halogens is 3. The molecule has 4 unspecified atom stereocenters. The average molecular weight is 462 g/mol. The molecule has 3 rings (SSSR count). The van der Waals surface area contributed by atoms with E-state index in [0.717, 1.165) is 36.3 Å². The standard InChI is InChI=1S/C17H17Cl2FNOS.Y/c18-13-8-14(19)17(10-4-6-11(22)7-5-10)12(13)2-1-3-16-21-15(20)9-23-16;/h4-7,12-14,17,22H,1-3,8H2;/q-1;. The van der Waals surface area contributed by atoms with Crippen molar-refractivity contribution in [3.63, 3.8) is 0 Å². The molecule has 1 radical (unpaired) electrons. The number of hydrogen-bond acceptors (Lipinski definition) is 3. The van der Waals surface area contributed by atoms with Crippen LogP contribution in [0, 0.1) is 17.2 Å². The van der Waals surface area contributed by atoms with E-state index >= 15 is 0 Å². The Balaban J connectivity index is 0.00000208. The maximum Gasteiger partial charge on any atom is 0.115 e. The van der Waals surface area contributed by atoms with Crippen molar-refractivity contribution < 1.29 is 42.2 Å². The molecule has 0 saturated heterocycles. The number of alkyl halides is 2. The van der Waals surface area contributed by atoms with Crippen LogP contribution in [0.2, 0.25) is 0 Å². The molecule has 24 heavy (non-hydrogen) atoms. The number of aryl methyl sites for hydroxylation is 1. The fraction of sp³-hybridized carbons (Fsp3) is 0.471. The van der Waals surface area contributed by atoms with Crippen LogP contribution in [0.5, 0.6) is 5.75 Å². The number of aromatic hydroxyl groups is 1. The van der Waals surface area contributed by atoms with Crippen molar-refractivity contribution in [3.8, 4) is 5.75 Å². The normalized spacial score (nSPS) is 26.3. The summed E-state index contributed by atoms with van der Waals surface area (Å²) in [7, 11) is 0. The van der Waals surface area contributed by atoms with E-state index in [9.17, 15) is 9.50 Å². The third-order valence-electron chi connectivity index (χ3n) is 4.45. The Hall–Kier alpha value is 0.264. The molecule has 7 heteroatoms. The van der Waals surface area contributed by atoms with Crippen LogP contribution in [0.4, 0.5) is 4.39 Å². The predicted molar refractivity (Wildman–Crippen MR) is 92.1 cm³/mol. The Morgan fingerprint density at radius 3 is 2.58 bits per heavy atom. The van der Waals surface area contributed by atoms with Crippen molar-refractivity contribution >= 4 is 34.5 Å². The van der Waals surface area contributed by atoms with Gasteiger partial charge in [-0.05, 0) is 36.5 Å². The Bertz CT molecular complexity index is 654. The number of thiazole rings is 1. The molecular formula is C17H17Cl2FNOSY-. The van der Waals surface area contributed by atoms with Gasteiger partial charge in [0.1, 0.15) is 11.7 Å². The summed E-state index contributed by atoms with van der Waals surface area (Å²) in [4.78, 5) is 3.81. The fourth-order valence-corrected chi connectivity index (χ4v) is 5.10. The molecule has 2 aromatic rings. The van der Waals surface area contributed by atoms with Crippen LogP contribution in [0.15, 0.2) is 24.3 Å². The van der Waals surface area contributed by atoms with E-state index in [1.54, 1.807) is 12.1 Å². The minimum Gasteiger partial charge on any atom is -0.508 e. The van der Waals surface area contributed by atoms with E-state index in [0.29, 0.717) is 0 Å². The van der Waals surface area contributed by atoms with Crippen molar-refractivity contribution in [2.45, 2.75) is 42.4 Å². The molecule has 4 atom stereocenters. The van der Waals surface area contributed by atoms with E-state index in [-0.39, 0.29) is 61.0 Å². The second-order valence-electron chi connectivity index (χ2n) is 5.94. The van der Waals surface area contributed by atoms with Crippen molar-refractivity contribution in [1.82, 2.24) is 4.98 Å². The maximum atomic E-state index is 12.9. The van der Waals surface area contributed by atoms with Gasteiger partial charge in [0.05, 0.1) is 0 Å². The van der Waals surface area contributed by atoms with Gasteiger partial charge in [-0.25, -0.2) is 4.39 Å². The molecule has 1 N–H and O–H groups in total. The van der Waals surface area contributed by atoms with Crippen LogP contribution < -0.4 is 0 Å². The Morgan fingerprint density at radius 2 is 1.96 bits per heavy atom. The Kier molecular flexibility index (Phi) is 7.95. The second kappa shape index (κ2) is 9.27. The second-order valence-corrected chi connectivity index (χ2v) is 7.94. The van der Waals surface area contributed by atoms with Crippen LogP contribution >= 0.6 is 34.5 Å². The number of aromatic nitrogens is 1. The minimum absolute atomic E-state index is 0. The van der Waals surface area contributed by atoms with Crippen LogP contribution in [-0.2, 0) is 39.1 Å². The van der Waals surface area contributed by atoms with E-state index in [4.69, 9.17) is 23.2 Å². The quantitative estimate of drug-likeness (QED) is 0.494. The monoisotopic (exact) mass is 461 g/mol. The molecule has 0 bridgehead atoms. The van der Waals surface area contributed by atoms with Gasteiger partial charge in [-0.1, -0.05) is 30.0 Å². The summed E-state index contributed by atoms with van der Waals surface area (Å²) in [5.74, 6) is 0.180. The molecule has 0 spiro atoms. The van der Waals surface area contributed by atoms with Gasteiger partial charge in [-0.2, -0.15) is 0 Å². The van der Waals surface area contributed by atoms with Gasteiger partial charge in [0, 0.05) is 49.4 Å². The van der Waals surface area contributed by atoms with Gasteiger partial charge in [-0.3, -0.25) is 0 Å². The summed E-state index contributed by atoms with van der Waals surface area (Å²) >= 11 is 14.3. The molecule has 127 valence electrons. The van der Waals surface area contributed by atoms with E-state index in [1.807, 2.05) is 12.1 Å². The molecule has 1 fully saturated rings. The molecule has 1 aromatic carbocycles. The summed E-state index contributed by atoms with van der Waals surface area (Å²) in [5, 5.41) is 12.8. The fourth-order valence-electron chi connectivity index (χ4n) is 3.39. The number of phenolic OH excluding ortho intramolecular Hbond substituents is 1. The zero-order chi connectivity index (χ0) is 16.4. The van der Waals surface area contributed by atoms with E-state index in [1.165, 1.54) is 11.3 Å². The van der Waals surface area contributed by atoms with Gasteiger partial charge in [0.2, 0.25) is 0 Å². The molecule has 0 amide bonds. The predicted octanol–water partition coefficient (Wildman–Crippen LogP) is 5.13. The number of benzene rings is 1. The number of nitrogens with zero attached hydrogens (tertiary/aromatic N) is 1. The van der Waals surface area contributed by atoms with Crippen molar-refractivity contribution in [3.05, 3.63) is 46.2 Å². The van der Waals surface area contributed by atoms with Gasteiger partial charge in [0.15, 0.2) is 0 Å². The van der Waals surface area contributed by atoms with Crippen molar-refractivity contribution in [2.24, 2.45) is 5.92 Å². The molecule has 1 aliphatic rings. The van der Waals surface area contributed by atoms with Crippen LogP contribution in [0.25, 0.3) is 0 Å². The first kappa shape index (κ1) is 20.6. The molecule has 1 aromatic heterocycles. The molecule has 1 aliphatic carbocycles. The van der Waals surface area contributed by atoms with Gasteiger partial charge in [0.25, 0.3) is 0 Å². The third kappa shape index (κ3) is 4.91. The van der Waals surface area contributed by atoms with Crippen molar-refractivity contribution in [1.29, 1.82) is 0 Å². The number of rotatable bonds is 5. The maximum absolute atomic E-state index is 12.9. The summed E-state index contributed by atoms with van der Waals surface area (Å²) < 4.78 is 12.9. The number of hydrogen-bond donors (Lipinski definition) is 1. The molecule has 1 heterocycles. The largest absolute Gasteiger partial charge is 0.508 e. The van der Waals surface area contributed by atoms with E-state index < -0.39 is 5.95 Å². The van der Waals surface area contributed by atoms with Gasteiger partial charge >= 0.3 is 0 Å². The van der Waals surface area contributed by atoms with E-state index in [2.05, 4.69) is 10.4 Å². The zero-order valence-electron chi connectivity index (χ0n) is 13.0. The molecule has 1 saturated carbocycles. The SMILES string of the molecule is Oc1ccc(C2C(Cl)CC(Cl)C2CCCc2nc(F)[c-]s2)cc1.[Y]. The molecule has 2 nitrogen and oxygen atoms in total. The van der Waals surface area contributed by atoms with Crippen LogP contribution in [0.3, 0.4) is 0 Å². The first-order valence-corrected chi connectivity index (χ1v) is 9.33. The summed E-state index contributed by atoms with van der Waals surface area (Å²) in [6.45, 7) is 0. The first-order valence-electron chi connectivity index (χ1n) is 7.64. The van der Waals surface area contributed by atoms with Gasteiger partial charge < -0.3 is 21.4 Å². The first-order chi connectivity index (χ1) is 11.0. The average Bonchev–Trinajstić information content (AvgIpc) is 3.04. The van der Waals surface area contributed by atoms with Gasteiger partial charge in [-0.15, -0.1) is 28.6 Å². The molecular weight excluding hydrogens is 445 g/mol. The topological polar surface area (TPSA) is 33.1 Å². The van der Waals surface area contributed by atoms with Crippen LogP contribution in [-0.4, -0.2) is 20.8 Å². The third-order valence-corrected chi connectivity index (χ3v) is 6.20. The number of phenols is 1. The Morgan fingerprint density at radius 1 is 1.25 bits per heavy atom. The smallest absolute Gasteiger partial charge is 0.115 e. The van der Waals surface area contributed by atoms with Crippen LogP contribution in [0.1, 0.15) is 35.8 Å². The summed E-state index contributed by atoms with van der Waals surface area (Å²) in [6, 6.07) is 7.21. The summed E-state index contributed by atoms with van der Waals surface area (Å²) in [5.41, 5.74) is 1.12. The molecule has 0 aliphatic heterocycles. The summed E-state index contributed by atoms with van der Waals surface area (Å²) in [6.07, 6.45) is 3.33. The Labute approximate surface area is 180 Å². The minimum atomic E-state index is -0.524. The van der Waals surface area contributed by atoms with Crippen molar-refractivity contribution in [2.75, 3.05) is 0 Å². The zero-order valence-corrected chi connectivity index (χ0v) is 18.1.